The van der Waals surface area contributed by atoms with E-state index in [9.17, 15) is 19.5 Å². The number of ether oxygens (including phenoxy) is 1. The largest absolute Gasteiger partial charge is 0.481 e. The third kappa shape index (κ3) is 7.57. The number of carboxylic acid groups (broad SMARTS) is 1. The molecule has 0 aromatic rings. The van der Waals surface area contributed by atoms with Crippen molar-refractivity contribution in [2.75, 3.05) is 26.2 Å². The van der Waals surface area contributed by atoms with Gasteiger partial charge in [0, 0.05) is 13.1 Å². The van der Waals surface area contributed by atoms with E-state index >= 15 is 0 Å². The summed E-state index contributed by atoms with van der Waals surface area (Å²) in [4.78, 5) is 34.8. The van der Waals surface area contributed by atoms with Crippen LogP contribution in [0, 0.1) is 0 Å². The Kier molecular flexibility index (Phi) is 7.60. The molecule has 0 aliphatic carbocycles. The second-order valence-electron chi connectivity index (χ2n) is 4.55. The zero-order chi connectivity index (χ0) is 15.8. The first-order chi connectivity index (χ1) is 9.21. The topological polar surface area (TPSA) is 116 Å². The quantitative estimate of drug-likeness (QED) is 0.533. The number of urea groups is 1. The Bertz CT molecular complexity index is 356. The van der Waals surface area contributed by atoms with Crippen LogP contribution in [0.4, 0.5) is 4.79 Å². The number of carboxylic acids is 1. The van der Waals surface area contributed by atoms with Crippen LogP contribution in [0.2, 0.25) is 0 Å². The van der Waals surface area contributed by atoms with Crippen molar-refractivity contribution in [3.8, 4) is 0 Å². The van der Waals surface area contributed by atoms with Gasteiger partial charge in [-0.05, 0) is 20.8 Å². The number of nitrogens with zero attached hydrogens (tertiary/aromatic N) is 1. The molecule has 0 aromatic carbocycles. The zero-order valence-corrected chi connectivity index (χ0v) is 12.0. The molecule has 0 radical (unpaired) electrons. The Morgan fingerprint density at radius 3 is 2.35 bits per heavy atom. The third-order valence-electron chi connectivity index (χ3n) is 2.45. The van der Waals surface area contributed by atoms with Crippen LogP contribution in [0.15, 0.2) is 0 Å². The molecule has 2 amide bonds. The molecular weight excluding hydrogens is 268 g/mol. The van der Waals surface area contributed by atoms with Crippen LogP contribution in [0.25, 0.3) is 0 Å². The van der Waals surface area contributed by atoms with E-state index in [1.807, 2.05) is 0 Å². The number of likely N-dealkylation sites (N-methyl/N-ethyl adjacent to an activating group) is 1. The highest BCUT2D eigenvalue weighted by Crippen LogP contribution is 2.07. The molecule has 116 valence electrons. The lowest BCUT2D eigenvalue weighted by molar-refractivity contribution is -0.143. The molecule has 0 fully saturated rings. The van der Waals surface area contributed by atoms with Gasteiger partial charge in [-0.3, -0.25) is 9.59 Å². The summed E-state index contributed by atoms with van der Waals surface area (Å²) < 4.78 is 4.73. The SMILES string of the molecule is CCOC(=O)CN(CC)C(=O)NCC(C)(O)CC(=O)O. The number of nitrogens with one attached hydrogen (secondary N) is 1. The van der Waals surface area contributed by atoms with Crippen molar-refractivity contribution in [2.45, 2.75) is 32.8 Å². The molecule has 0 heterocycles. The van der Waals surface area contributed by atoms with Gasteiger partial charge in [0.15, 0.2) is 0 Å². The Morgan fingerprint density at radius 1 is 1.30 bits per heavy atom. The van der Waals surface area contributed by atoms with Crippen LogP contribution in [0.1, 0.15) is 27.2 Å². The molecule has 0 aliphatic rings. The van der Waals surface area contributed by atoms with E-state index in [2.05, 4.69) is 5.32 Å². The molecule has 0 saturated carbocycles. The van der Waals surface area contributed by atoms with E-state index in [1.54, 1.807) is 13.8 Å². The lowest BCUT2D eigenvalue weighted by Gasteiger charge is -2.25. The maximum absolute atomic E-state index is 11.8. The summed E-state index contributed by atoms with van der Waals surface area (Å²) in [6.45, 7) is 4.75. The molecule has 0 aliphatic heterocycles. The second kappa shape index (κ2) is 8.36. The highest BCUT2D eigenvalue weighted by Gasteiger charge is 2.26. The Hall–Kier alpha value is -1.83. The number of hydrogen-bond donors (Lipinski definition) is 3. The van der Waals surface area contributed by atoms with Crippen LogP contribution < -0.4 is 5.32 Å². The van der Waals surface area contributed by atoms with Crippen LogP contribution in [0.3, 0.4) is 0 Å². The van der Waals surface area contributed by atoms with Crippen molar-refractivity contribution in [3.63, 3.8) is 0 Å². The Balaban J connectivity index is 4.35. The van der Waals surface area contributed by atoms with Gasteiger partial charge in [0.2, 0.25) is 0 Å². The number of esters is 1. The predicted molar refractivity (Wildman–Crippen MR) is 70.2 cm³/mol. The minimum absolute atomic E-state index is 0.197. The van der Waals surface area contributed by atoms with E-state index in [0.717, 1.165) is 0 Å². The number of aliphatic hydroxyl groups is 1. The number of rotatable bonds is 8. The third-order valence-corrected chi connectivity index (χ3v) is 2.45. The van der Waals surface area contributed by atoms with Crippen LogP contribution in [-0.4, -0.2) is 64.9 Å². The summed E-state index contributed by atoms with van der Waals surface area (Å²) in [6.07, 6.45) is -0.489. The molecule has 1 atom stereocenters. The van der Waals surface area contributed by atoms with E-state index in [1.165, 1.54) is 11.8 Å². The zero-order valence-electron chi connectivity index (χ0n) is 12.0. The predicted octanol–water partition coefficient (Wildman–Crippen LogP) is -0.193. The lowest BCUT2D eigenvalue weighted by atomic mass is 10.0. The first-order valence-electron chi connectivity index (χ1n) is 6.34. The van der Waals surface area contributed by atoms with Crippen molar-refractivity contribution >= 4 is 18.0 Å². The van der Waals surface area contributed by atoms with Crippen molar-refractivity contribution in [1.82, 2.24) is 10.2 Å². The van der Waals surface area contributed by atoms with E-state index in [4.69, 9.17) is 9.84 Å². The lowest BCUT2D eigenvalue weighted by Crippen LogP contribution is -2.48. The molecule has 0 bridgehead atoms. The van der Waals surface area contributed by atoms with Crippen LogP contribution >= 0.6 is 0 Å². The number of hydrogen-bond acceptors (Lipinski definition) is 5. The molecule has 0 spiro atoms. The van der Waals surface area contributed by atoms with Crippen molar-refractivity contribution in [2.24, 2.45) is 0 Å². The maximum Gasteiger partial charge on any atom is 0.325 e. The minimum atomic E-state index is -1.55. The molecule has 8 heteroatoms. The second-order valence-corrected chi connectivity index (χ2v) is 4.55. The molecule has 0 saturated heterocycles. The number of carbonyl (C=O) groups is 3. The first-order valence-corrected chi connectivity index (χ1v) is 6.34. The summed E-state index contributed by atoms with van der Waals surface area (Å²) in [5.74, 6) is -1.69. The average Bonchev–Trinajstić information content (AvgIpc) is 2.32. The van der Waals surface area contributed by atoms with Crippen LogP contribution in [-0.2, 0) is 14.3 Å². The number of aliphatic carboxylic acids is 1. The van der Waals surface area contributed by atoms with Gasteiger partial charge >= 0.3 is 18.0 Å². The monoisotopic (exact) mass is 290 g/mol. The fourth-order valence-electron chi connectivity index (χ4n) is 1.46. The Labute approximate surface area is 117 Å². The maximum atomic E-state index is 11.8. The highest BCUT2D eigenvalue weighted by atomic mass is 16.5. The smallest absolute Gasteiger partial charge is 0.325 e. The summed E-state index contributed by atoms with van der Waals surface area (Å²) in [5, 5.41) is 20.7. The van der Waals surface area contributed by atoms with Gasteiger partial charge < -0.3 is 25.2 Å². The molecule has 3 N–H and O–H groups in total. The summed E-state index contributed by atoms with van der Waals surface area (Å²) in [6, 6.07) is -0.564. The van der Waals surface area contributed by atoms with Crippen molar-refractivity contribution in [1.29, 1.82) is 0 Å². The van der Waals surface area contributed by atoms with Crippen molar-refractivity contribution in [3.05, 3.63) is 0 Å². The fraction of sp³-hybridized carbons (Fsp3) is 0.750. The number of carbonyl (C=O) groups excluding carboxylic acids is 2. The van der Waals surface area contributed by atoms with Gasteiger partial charge in [0.25, 0.3) is 0 Å². The van der Waals surface area contributed by atoms with E-state index in [-0.39, 0.29) is 26.2 Å². The van der Waals surface area contributed by atoms with Gasteiger partial charge in [0.1, 0.15) is 6.54 Å². The first kappa shape index (κ1) is 18.2. The Morgan fingerprint density at radius 2 is 1.90 bits per heavy atom. The molecule has 20 heavy (non-hydrogen) atoms. The van der Waals surface area contributed by atoms with Gasteiger partial charge in [-0.1, -0.05) is 0 Å². The van der Waals surface area contributed by atoms with Crippen molar-refractivity contribution < 1.29 is 29.3 Å². The van der Waals surface area contributed by atoms with E-state index in [0.29, 0.717) is 0 Å². The summed E-state index contributed by atoms with van der Waals surface area (Å²) >= 11 is 0. The molecule has 0 rings (SSSR count). The standard InChI is InChI=1S/C12H22N2O6/c1-4-14(7-10(17)20-5-2)11(18)13-8-12(3,19)6-9(15)16/h19H,4-8H2,1-3H3,(H,13,18)(H,15,16). The molecular formula is C12H22N2O6. The van der Waals surface area contributed by atoms with Gasteiger partial charge in [0.05, 0.1) is 18.6 Å². The summed E-state index contributed by atoms with van der Waals surface area (Å²) in [5.41, 5.74) is -1.55. The number of amides is 2. The fourth-order valence-corrected chi connectivity index (χ4v) is 1.46. The van der Waals surface area contributed by atoms with Gasteiger partial charge in [-0.25, -0.2) is 4.79 Å². The van der Waals surface area contributed by atoms with Gasteiger partial charge in [-0.15, -0.1) is 0 Å². The highest BCUT2D eigenvalue weighted by molar-refractivity contribution is 5.81. The minimum Gasteiger partial charge on any atom is -0.481 e. The normalized spacial score (nSPS) is 13.2. The van der Waals surface area contributed by atoms with Crippen LogP contribution in [0.5, 0.6) is 0 Å². The molecule has 1 unspecified atom stereocenters. The summed E-state index contributed by atoms with van der Waals surface area (Å²) in [7, 11) is 0. The molecule has 0 aromatic heterocycles. The van der Waals surface area contributed by atoms with Gasteiger partial charge in [-0.2, -0.15) is 0 Å². The molecule has 8 nitrogen and oxygen atoms in total. The average molecular weight is 290 g/mol. The van der Waals surface area contributed by atoms with E-state index < -0.39 is 30.0 Å².